The van der Waals surface area contributed by atoms with Gasteiger partial charge in [0.05, 0.1) is 5.60 Å². The monoisotopic (exact) mass is 480 g/mol. The zero-order chi connectivity index (χ0) is 24.5. The van der Waals surface area contributed by atoms with Crippen LogP contribution in [0.5, 0.6) is 0 Å². The van der Waals surface area contributed by atoms with Gasteiger partial charge in [-0.25, -0.2) is 4.79 Å². The van der Waals surface area contributed by atoms with Gasteiger partial charge in [0.2, 0.25) is 0 Å². The van der Waals surface area contributed by atoms with E-state index in [-0.39, 0.29) is 12.0 Å². The second-order valence-corrected chi connectivity index (χ2v) is 9.74. The third kappa shape index (κ3) is 4.29. The number of likely N-dealkylation sites (tertiary alicyclic amines) is 1. The van der Waals surface area contributed by atoms with Gasteiger partial charge in [-0.1, -0.05) is 84.0 Å². The summed E-state index contributed by atoms with van der Waals surface area (Å²) in [5.41, 5.74) is 5.60. The number of hydrogen-bond donors (Lipinski definition) is 1. The van der Waals surface area contributed by atoms with Gasteiger partial charge in [-0.05, 0) is 35.1 Å². The highest BCUT2D eigenvalue weighted by molar-refractivity contribution is 5.79. The fourth-order valence-electron chi connectivity index (χ4n) is 5.43. The van der Waals surface area contributed by atoms with Crippen LogP contribution < -0.4 is 0 Å². The van der Waals surface area contributed by atoms with E-state index in [0.29, 0.717) is 44.7 Å². The molecule has 1 N–H and O–H groups in total. The van der Waals surface area contributed by atoms with Crippen molar-refractivity contribution < 1.29 is 19.2 Å². The molecule has 0 atom stereocenters. The maximum absolute atomic E-state index is 12.9. The lowest BCUT2D eigenvalue weighted by Gasteiger charge is -2.37. The Balaban J connectivity index is 1.05. The molecule has 0 saturated carbocycles. The number of benzene rings is 3. The van der Waals surface area contributed by atoms with Gasteiger partial charge in [-0.15, -0.1) is 0 Å². The fourth-order valence-corrected chi connectivity index (χ4v) is 5.43. The van der Waals surface area contributed by atoms with Gasteiger partial charge in [0.25, 0.3) is 0 Å². The third-order valence-corrected chi connectivity index (χ3v) is 7.42. The molecule has 0 unspecified atom stereocenters. The van der Waals surface area contributed by atoms with E-state index >= 15 is 0 Å². The van der Waals surface area contributed by atoms with Crippen molar-refractivity contribution in [1.29, 1.82) is 0 Å². The van der Waals surface area contributed by atoms with Crippen LogP contribution in [0, 0.1) is 0 Å². The largest absolute Gasteiger partial charge is 0.448 e. The standard InChI is InChI=1S/C30H28N2O4/c33-29(35-20-27-25-12-6-4-10-23(25)24-11-5-7-13-26(24)27)32-16-14-30(34,15-17-32)19-22-18-28(31-36-22)21-8-2-1-3-9-21/h1-13,18,27,34H,14-17,19-20H2. The second-order valence-electron chi connectivity index (χ2n) is 9.74. The van der Waals surface area contributed by atoms with Crippen molar-refractivity contribution in [2.45, 2.75) is 30.8 Å². The molecule has 6 heteroatoms. The summed E-state index contributed by atoms with van der Waals surface area (Å²) in [6, 6.07) is 28.3. The molecule has 2 heterocycles. The number of amides is 1. The van der Waals surface area contributed by atoms with E-state index in [1.165, 1.54) is 22.3 Å². The van der Waals surface area contributed by atoms with E-state index in [4.69, 9.17) is 9.26 Å². The van der Waals surface area contributed by atoms with E-state index in [1.54, 1.807) is 4.90 Å². The van der Waals surface area contributed by atoms with Gasteiger partial charge >= 0.3 is 6.09 Å². The molecule has 1 aromatic heterocycles. The number of carbonyl (C=O) groups is 1. The van der Waals surface area contributed by atoms with E-state index in [9.17, 15) is 9.90 Å². The van der Waals surface area contributed by atoms with Crippen molar-refractivity contribution in [3.05, 3.63) is 102 Å². The van der Waals surface area contributed by atoms with Gasteiger partial charge in [0, 0.05) is 37.1 Å². The lowest BCUT2D eigenvalue weighted by molar-refractivity contribution is -0.0239. The molecule has 1 aliphatic heterocycles. The van der Waals surface area contributed by atoms with Crippen LogP contribution in [0.4, 0.5) is 4.79 Å². The molecule has 1 saturated heterocycles. The van der Waals surface area contributed by atoms with Gasteiger partial charge in [0.15, 0.2) is 0 Å². The zero-order valence-corrected chi connectivity index (χ0v) is 20.0. The third-order valence-electron chi connectivity index (χ3n) is 7.42. The van der Waals surface area contributed by atoms with Gasteiger partial charge in [-0.3, -0.25) is 0 Å². The molecule has 6 rings (SSSR count). The summed E-state index contributed by atoms with van der Waals surface area (Å²) in [7, 11) is 0. The average Bonchev–Trinajstić information content (AvgIpc) is 3.50. The first-order chi connectivity index (χ1) is 17.6. The molecule has 182 valence electrons. The van der Waals surface area contributed by atoms with Crippen molar-refractivity contribution in [1.82, 2.24) is 10.1 Å². The molecule has 0 bridgehead atoms. The quantitative estimate of drug-likeness (QED) is 0.399. The summed E-state index contributed by atoms with van der Waals surface area (Å²) in [5, 5.41) is 15.3. The lowest BCUT2D eigenvalue weighted by atomic mass is 9.87. The number of aliphatic hydroxyl groups is 1. The van der Waals surface area contributed by atoms with Crippen LogP contribution in [-0.2, 0) is 11.2 Å². The number of hydrogen-bond acceptors (Lipinski definition) is 5. The van der Waals surface area contributed by atoms with Crippen LogP contribution in [0.15, 0.2) is 89.5 Å². The highest BCUT2D eigenvalue weighted by atomic mass is 16.6. The molecular weight excluding hydrogens is 452 g/mol. The number of rotatable bonds is 5. The first-order valence-electron chi connectivity index (χ1n) is 12.4. The number of carbonyl (C=O) groups excluding carboxylic acids is 1. The minimum atomic E-state index is -0.937. The zero-order valence-electron chi connectivity index (χ0n) is 20.0. The first-order valence-corrected chi connectivity index (χ1v) is 12.4. The first kappa shape index (κ1) is 22.6. The molecule has 3 aromatic carbocycles. The normalized spacial score (nSPS) is 16.4. The Bertz CT molecular complexity index is 1330. The van der Waals surface area contributed by atoms with Crippen LogP contribution in [0.1, 0.15) is 35.6 Å². The smallest absolute Gasteiger partial charge is 0.409 e. The second kappa shape index (κ2) is 9.28. The fraction of sp³-hybridized carbons (Fsp3) is 0.267. The summed E-state index contributed by atoms with van der Waals surface area (Å²) in [5.74, 6) is 0.680. The van der Waals surface area contributed by atoms with Crippen molar-refractivity contribution in [2.75, 3.05) is 19.7 Å². The summed E-state index contributed by atoms with van der Waals surface area (Å²) < 4.78 is 11.3. The number of fused-ring (bicyclic) bond motifs is 3. The predicted molar refractivity (Wildman–Crippen MR) is 136 cm³/mol. The summed E-state index contributed by atoms with van der Waals surface area (Å²) in [6.45, 7) is 1.17. The summed E-state index contributed by atoms with van der Waals surface area (Å²) in [6.07, 6.45) is 0.951. The topological polar surface area (TPSA) is 75.8 Å². The van der Waals surface area contributed by atoms with Crippen molar-refractivity contribution in [3.8, 4) is 22.4 Å². The molecule has 2 aliphatic rings. The van der Waals surface area contributed by atoms with Crippen LogP contribution in [0.3, 0.4) is 0 Å². The summed E-state index contributed by atoms with van der Waals surface area (Å²) in [4.78, 5) is 14.6. The molecule has 6 nitrogen and oxygen atoms in total. The molecule has 0 radical (unpaired) electrons. The van der Waals surface area contributed by atoms with Gasteiger partial charge < -0.3 is 19.3 Å². The number of piperidine rings is 1. The maximum atomic E-state index is 12.9. The molecule has 0 spiro atoms. The Morgan fingerprint density at radius 2 is 1.56 bits per heavy atom. The minimum absolute atomic E-state index is 0.0355. The van der Waals surface area contributed by atoms with Crippen LogP contribution in [-0.4, -0.2) is 46.6 Å². The highest BCUT2D eigenvalue weighted by Crippen LogP contribution is 2.44. The van der Waals surface area contributed by atoms with E-state index in [1.807, 2.05) is 60.7 Å². The van der Waals surface area contributed by atoms with Crippen molar-refractivity contribution in [2.24, 2.45) is 0 Å². The number of aromatic nitrogens is 1. The maximum Gasteiger partial charge on any atom is 0.409 e. The van der Waals surface area contributed by atoms with E-state index in [0.717, 1.165) is 11.3 Å². The minimum Gasteiger partial charge on any atom is -0.448 e. The molecule has 36 heavy (non-hydrogen) atoms. The lowest BCUT2D eigenvalue weighted by Crippen LogP contribution is -2.48. The number of nitrogens with zero attached hydrogens (tertiary/aromatic N) is 2. The molecular formula is C30H28N2O4. The van der Waals surface area contributed by atoms with Crippen molar-refractivity contribution >= 4 is 6.09 Å². The van der Waals surface area contributed by atoms with Crippen LogP contribution in [0.25, 0.3) is 22.4 Å². The number of ether oxygens (including phenoxy) is 1. The van der Waals surface area contributed by atoms with Crippen molar-refractivity contribution in [3.63, 3.8) is 0 Å². The predicted octanol–water partition coefficient (Wildman–Crippen LogP) is 5.66. The average molecular weight is 481 g/mol. The molecule has 1 amide bonds. The Kier molecular flexibility index (Phi) is 5.82. The Labute approximate surface area is 210 Å². The SMILES string of the molecule is O=C(OCC1c2ccccc2-c2ccccc21)N1CCC(O)(Cc2cc(-c3ccccc3)no2)CC1. The Hall–Kier alpha value is -3.90. The Morgan fingerprint density at radius 3 is 2.22 bits per heavy atom. The van der Waals surface area contributed by atoms with Crippen LogP contribution in [0.2, 0.25) is 0 Å². The van der Waals surface area contributed by atoms with Gasteiger partial charge in [0.1, 0.15) is 18.1 Å². The van der Waals surface area contributed by atoms with E-state index in [2.05, 4.69) is 29.4 Å². The molecule has 1 aliphatic carbocycles. The summed E-state index contributed by atoms with van der Waals surface area (Å²) >= 11 is 0. The molecule has 1 fully saturated rings. The Morgan fingerprint density at radius 1 is 0.944 bits per heavy atom. The van der Waals surface area contributed by atoms with E-state index < -0.39 is 5.60 Å². The molecule has 4 aromatic rings. The van der Waals surface area contributed by atoms with Gasteiger partial charge in [-0.2, -0.15) is 0 Å². The van der Waals surface area contributed by atoms with Crippen LogP contribution >= 0.6 is 0 Å². The highest BCUT2D eigenvalue weighted by Gasteiger charge is 2.36.